The van der Waals surface area contributed by atoms with E-state index in [0.29, 0.717) is 0 Å². The molecule has 0 N–H and O–H groups in total. The minimum atomic E-state index is 1.13. The summed E-state index contributed by atoms with van der Waals surface area (Å²) in [6.07, 6.45) is 6.03. The topological polar surface area (TPSA) is 0 Å². The zero-order chi connectivity index (χ0) is 5.11. The van der Waals surface area contributed by atoms with Gasteiger partial charge in [-0.15, -0.1) is 0 Å². The second-order valence-electron chi connectivity index (χ2n) is 2.59. The Balaban J connectivity index is 1.93. The van der Waals surface area contributed by atoms with Gasteiger partial charge in [-0.1, -0.05) is 32.4 Å². The fourth-order valence-corrected chi connectivity index (χ4v) is 1.19. The lowest BCUT2D eigenvalue weighted by Crippen LogP contribution is -2.11. The van der Waals surface area contributed by atoms with E-state index >= 15 is 0 Å². The molecule has 1 heteroatoms. The highest BCUT2D eigenvalue weighted by Gasteiger charge is 2.15. The Hall–Kier alpha value is 0.0649. The van der Waals surface area contributed by atoms with E-state index in [4.69, 9.17) is 0 Å². The standard InChI is InChI=1S/C6H13B/c1-7-5-6-3-2-4-6/h6-7H,2-5H2,1H3. The van der Waals surface area contributed by atoms with Gasteiger partial charge in [0.05, 0.1) is 0 Å². The number of rotatable bonds is 2. The SMILES string of the molecule is CBCC1CCC1. The maximum Gasteiger partial charge on any atom is 0.117 e. The quantitative estimate of drug-likeness (QED) is 0.459. The van der Waals surface area contributed by atoms with Crippen LogP contribution in [-0.2, 0) is 0 Å². The molecule has 0 bridgehead atoms. The van der Waals surface area contributed by atoms with Crippen molar-refractivity contribution in [3.63, 3.8) is 0 Å². The molecule has 1 aliphatic carbocycles. The predicted octanol–water partition coefficient (Wildman–Crippen LogP) is 1.69. The van der Waals surface area contributed by atoms with Gasteiger partial charge in [0, 0.05) is 0 Å². The first-order valence-electron chi connectivity index (χ1n) is 3.43. The van der Waals surface area contributed by atoms with Crippen molar-refractivity contribution >= 4 is 7.28 Å². The van der Waals surface area contributed by atoms with Crippen molar-refractivity contribution in [1.29, 1.82) is 0 Å². The van der Waals surface area contributed by atoms with Crippen LogP contribution in [0.5, 0.6) is 0 Å². The highest BCUT2D eigenvalue weighted by molar-refractivity contribution is 6.33. The second kappa shape index (κ2) is 2.39. The van der Waals surface area contributed by atoms with E-state index in [1.165, 1.54) is 32.9 Å². The van der Waals surface area contributed by atoms with E-state index in [9.17, 15) is 0 Å². The van der Waals surface area contributed by atoms with Gasteiger partial charge in [-0.2, -0.15) is 0 Å². The lowest BCUT2D eigenvalue weighted by Gasteiger charge is -2.24. The van der Waals surface area contributed by atoms with Crippen LogP contribution in [-0.4, -0.2) is 7.28 Å². The molecule has 1 aliphatic rings. The van der Waals surface area contributed by atoms with Crippen LogP contribution in [0.3, 0.4) is 0 Å². The summed E-state index contributed by atoms with van der Waals surface area (Å²) in [5.41, 5.74) is 0. The van der Waals surface area contributed by atoms with Crippen LogP contribution in [0.4, 0.5) is 0 Å². The zero-order valence-electron chi connectivity index (χ0n) is 5.11. The molecule has 0 unspecified atom stereocenters. The molecule has 1 rings (SSSR count). The summed E-state index contributed by atoms with van der Waals surface area (Å²) in [6, 6.07) is 0. The molecule has 0 atom stereocenters. The van der Waals surface area contributed by atoms with Crippen LogP contribution in [0.25, 0.3) is 0 Å². The van der Waals surface area contributed by atoms with Crippen LogP contribution >= 0.6 is 0 Å². The van der Waals surface area contributed by atoms with E-state index in [1.54, 1.807) is 0 Å². The van der Waals surface area contributed by atoms with E-state index in [1.807, 2.05) is 0 Å². The van der Waals surface area contributed by atoms with Gasteiger partial charge in [-0.05, 0) is 5.92 Å². The minimum Gasteiger partial charge on any atom is -0.0893 e. The first-order chi connectivity index (χ1) is 3.43. The molecule has 0 aliphatic heterocycles. The summed E-state index contributed by atoms with van der Waals surface area (Å²) in [5.74, 6) is 1.13. The Bertz CT molecular complexity index is 48.1. The maximum atomic E-state index is 2.28. The Kier molecular flexibility index (Phi) is 1.78. The van der Waals surface area contributed by atoms with E-state index in [-0.39, 0.29) is 0 Å². The fourth-order valence-electron chi connectivity index (χ4n) is 1.19. The molecular formula is C6H13B. The van der Waals surface area contributed by atoms with Crippen LogP contribution in [0.2, 0.25) is 13.1 Å². The molecule has 40 valence electrons. The van der Waals surface area contributed by atoms with Crippen molar-refractivity contribution in [1.82, 2.24) is 0 Å². The van der Waals surface area contributed by atoms with Gasteiger partial charge in [0.2, 0.25) is 0 Å². The third kappa shape index (κ3) is 1.22. The van der Waals surface area contributed by atoms with Crippen molar-refractivity contribution in [2.75, 3.05) is 0 Å². The molecule has 1 saturated carbocycles. The van der Waals surface area contributed by atoms with Crippen LogP contribution < -0.4 is 0 Å². The van der Waals surface area contributed by atoms with Crippen molar-refractivity contribution in [2.24, 2.45) is 5.92 Å². The van der Waals surface area contributed by atoms with Gasteiger partial charge in [-0.25, -0.2) is 0 Å². The first kappa shape index (κ1) is 5.21. The fraction of sp³-hybridized carbons (Fsp3) is 1.00. The van der Waals surface area contributed by atoms with E-state index < -0.39 is 0 Å². The predicted molar refractivity (Wildman–Crippen MR) is 35.2 cm³/mol. The van der Waals surface area contributed by atoms with Crippen LogP contribution in [0.1, 0.15) is 19.3 Å². The maximum absolute atomic E-state index is 2.28. The highest BCUT2D eigenvalue weighted by Crippen LogP contribution is 2.29. The van der Waals surface area contributed by atoms with Gasteiger partial charge >= 0.3 is 0 Å². The van der Waals surface area contributed by atoms with E-state index in [2.05, 4.69) is 6.82 Å². The van der Waals surface area contributed by atoms with Crippen molar-refractivity contribution in [3.05, 3.63) is 0 Å². The second-order valence-corrected chi connectivity index (χ2v) is 2.59. The summed E-state index contributed by atoms with van der Waals surface area (Å²) in [7, 11) is 1.39. The highest BCUT2D eigenvalue weighted by atomic mass is 14.2. The lowest BCUT2D eigenvalue weighted by atomic mass is 9.66. The van der Waals surface area contributed by atoms with Crippen LogP contribution in [0.15, 0.2) is 0 Å². The molecule has 0 aromatic rings. The van der Waals surface area contributed by atoms with Gasteiger partial charge < -0.3 is 0 Å². The summed E-state index contributed by atoms with van der Waals surface area (Å²) >= 11 is 0. The Morgan fingerprint density at radius 2 is 2.29 bits per heavy atom. The summed E-state index contributed by atoms with van der Waals surface area (Å²) in [4.78, 5) is 0. The number of hydrogen-bond donors (Lipinski definition) is 0. The van der Waals surface area contributed by atoms with E-state index in [0.717, 1.165) is 5.92 Å². The Morgan fingerprint density at radius 1 is 1.57 bits per heavy atom. The lowest BCUT2D eigenvalue weighted by molar-refractivity contribution is 0.346. The molecule has 7 heavy (non-hydrogen) atoms. The molecule has 0 spiro atoms. The largest absolute Gasteiger partial charge is 0.117 e. The molecule has 0 saturated heterocycles. The van der Waals surface area contributed by atoms with Crippen molar-refractivity contribution in [2.45, 2.75) is 32.4 Å². The van der Waals surface area contributed by atoms with Crippen LogP contribution in [0, 0.1) is 5.92 Å². The number of hydrogen-bond acceptors (Lipinski definition) is 0. The van der Waals surface area contributed by atoms with Crippen molar-refractivity contribution < 1.29 is 0 Å². The third-order valence-electron chi connectivity index (χ3n) is 1.92. The van der Waals surface area contributed by atoms with Crippen molar-refractivity contribution in [3.8, 4) is 0 Å². The first-order valence-corrected chi connectivity index (χ1v) is 3.43. The monoisotopic (exact) mass is 96.1 g/mol. The summed E-state index contributed by atoms with van der Waals surface area (Å²) in [6.45, 7) is 2.28. The van der Waals surface area contributed by atoms with Gasteiger partial charge in [0.1, 0.15) is 7.28 Å². The summed E-state index contributed by atoms with van der Waals surface area (Å²) in [5, 5.41) is 0. The molecule has 0 nitrogen and oxygen atoms in total. The molecule has 0 heterocycles. The van der Waals surface area contributed by atoms with Gasteiger partial charge in [0.15, 0.2) is 0 Å². The zero-order valence-corrected chi connectivity index (χ0v) is 5.11. The molecule has 1 fully saturated rings. The Labute approximate surface area is 46.5 Å². The normalized spacial score (nSPS) is 21.3. The molecule has 0 aromatic carbocycles. The molecule has 0 aromatic heterocycles. The average Bonchev–Trinajstić information content (AvgIpc) is 1.55. The molecule has 0 amide bonds. The Morgan fingerprint density at radius 3 is 2.43 bits per heavy atom. The average molecular weight is 96.0 g/mol. The molecular weight excluding hydrogens is 82.9 g/mol. The third-order valence-corrected chi connectivity index (χ3v) is 1.92. The van der Waals surface area contributed by atoms with Gasteiger partial charge in [-0.3, -0.25) is 0 Å². The molecule has 0 radical (unpaired) electrons. The smallest absolute Gasteiger partial charge is 0.0893 e. The minimum absolute atomic E-state index is 1.13. The van der Waals surface area contributed by atoms with Gasteiger partial charge in [0.25, 0.3) is 0 Å². The summed E-state index contributed by atoms with van der Waals surface area (Å²) < 4.78 is 0.